The highest BCUT2D eigenvalue weighted by atomic mass is 32.1. The van der Waals surface area contributed by atoms with Crippen molar-refractivity contribution in [1.82, 2.24) is 9.88 Å². The Morgan fingerprint density at radius 2 is 2.04 bits per heavy atom. The van der Waals surface area contributed by atoms with Crippen molar-refractivity contribution in [3.8, 4) is 11.1 Å². The van der Waals surface area contributed by atoms with Gasteiger partial charge in [-0.1, -0.05) is 0 Å². The van der Waals surface area contributed by atoms with E-state index in [0.29, 0.717) is 16.0 Å². The standard InChI is InChI=1S/C15H12F4N2OS/c16-6-15(19)7-21(8-15)13(22)3-11-1-10(5-23-11)9-2-12(17)14(18)20-4-9/h1-2,4-5H,3,6-8H2. The second-order valence-electron chi connectivity index (χ2n) is 5.51. The lowest BCUT2D eigenvalue weighted by Crippen LogP contribution is -2.62. The molecule has 1 aliphatic rings. The molecule has 0 radical (unpaired) electrons. The number of pyridine rings is 1. The number of aromatic nitrogens is 1. The smallest absolute Gasteiger partial charge is 0.248 e. The van der Waals surface area contributed by atoms with Crippen molar-refractivity contribution in [3.05, 3.63) is 40.4 Å². The summed E-state index contributed by atoms with van der Waals surface area (Å²) in [6, 6.07) is 2.71. The fourth-order valence-electron chi connectivity index (χ4n) is 2.36. The molecular weight excluding hydrogens is 332 g/mol. The molecule has 0 aromatic carbocycles. The van der Waals surface area contributed by atoms with Gasteiger partial charge in [0.25, 0.3) is 0 Å². The highest BCUT2D eigenvalue weighted by molar-refractivity contribution is 7.10. The summed E-state index contributed by atoms with van der Waals surface area (Å²) in [5, 5.41) is 1.70. The van der Waals surface area contributed by atoms with Gasteiger partial charge in [-0.3, -0.25) is 4.79 Å². The molecule has 122 valence electrons. The predicted molar refractivity (Wildman–Crippen MR) is 77.6 cm³/mol. The van der Waals surface area contributed by atoms with Crippen LogP contribution in [0.5, 0.6) is 0 Å². The second kappa shape index (κ2) is 5.92. The SMILES string of the molecule is O=C(Cc1cc(-c2cnc(F)c(F)c2)cs1)N1CC(F)(CF)C1. The van der Waals surface area contributed by atoms with Gasteiger partial charge in [0.1, 0.15) is 6.67 Å². The van der Waals surface area contributed by atoms with Gasteiger partial charge in [-0.05, 0) is 23.1 Å². The predicted octanol–water partition coefficient (Wildman–Crippen LogP) is 3.15. The molecule has 0 atom stereocenters. The Hall–Kier alpha value is -1.96. The van der Waals surface area contributed by atoms with Crippen molar-refractivity contribution in [2.45, 2.75) is 12.1 Å². The first-order chi connectivity index (χ1) is 10.9. The maximum atomic E-state index is 13.4. The molecular formula is C15H12F4N2OS. The maximum absolute atomic E-state index is 13.4. The molecule has 3 nitrogen and oxygen atoms in total. The highest BCUT2D eigenvalue weighted by Gasteiger charge is 2.45. The Morgan fingerprint density at radius 1 is 1.30 bits per heavy atom. The zero-order valence-electron chi connectivity index (χ0n) is 11.9. The van der Waals surface area contributed by atoms with Crippen LogP contribution in [0.1, 0.15) is 4.88 Å². The molecule has 2 aromatic rings. The van der Waals surface area contributed by atoms with Gasteiger partial charge in [-0.15, -0.1) is 11.3 Å². The summed E-state index contributed by atoms with van der Waals surface area (Å²) < 4.78 is 51.8. The maximum Gasteiger partial charge on any atom is 0.248 e. The Kier molecular flexibility index (Phi) is 4.09. The van der Waals surface area contributed by atoms with Gasteiger partial charge in [0.15, 0.2) is 11.5 Å². The summed E-state index contributed by atoms with van der Waals surface area (Å²) in [5.74, 6) is -2.50. The first-order valence-electron chi connectivity index (χ1n) is 6.82. The van der Waals surface area contributed by atoms with Gasteiger partial charge in [-0.25, -0.2) is 18.2 Å². The number of carbonyl (C=O) groups excluding carboxylic acids is 1. The average Bonchev–Trinajstić information content (AvgIpc) is 2.95. The second-order valence-corrected chi connectivity index (χ2v) is 6.51. The van der Waals surface area contributed by atoms with Gasteiger partial charge in [-0.2, -0.15) is 4.39 Å². The van der Waals surface area contributed by atoms with E-state index < -0.39 is 24.1 Å². The molecule has 1 amide bonds. The zero-order valence-corrected chi connectivity index (χ0v) is 12.7. The van der Waals surface area contributed by atoms with Crippen LogP contribution in [0.4, 0.5) is 17.6 Å². The summed E-state index contributed by atoms with van der Waals surface area (Å²) in [6.07, 6.45) is 1.27. The number of halogens is 4. The summed E-state index contributed by atoms with van der Waals surface area (Å²) in [5.41, 5.74) is -0.882. The van der Waals surface area contributed by atoms with E-state index in [4.69, 9.17) is 0 Å². The van der Waals surface area contributed by atoms with E-state index in [0.717, 1.165) is 6.07 Å². The minimum atomic E-state index is -1.91. The minimum absolute atomic E-state index is 0.0597. The molecule has 3 heterocycles. The molecule has 3 rings (SSSR count). The van der Waals surface area contributed by atoms with Gasteiger partial charge >= 0.3 is 0 Å². The van der Waals surface area contributed by atoms with E-state index in [1.165, 1.54) is 22.4 Å². The van der Waals surface area contributed by atoms with E-state index >= 15 is 0 Å². The quantitative estimate of drug-likeness (QED) is 0.631. The Balaban J connectivity index is 1.66. The summed E-state index contributed by atoms with van der Waals surface area (Å²) in [6.45, 7) is -1.55. The van der Waals surface area contributed by atoms with Crippen molar-refractivity contribution in [2.24, 2.45) is 0 Å². The van der Waals surface area contributed by atoms with Crippen LogP contribution < -0.4 is 0 Å². The Labute approximate surface area is 133 Å². The topological polar surface area (TPSA) is 33.2 Å². The van der Waals surface area contributed by atoms with Gasteiger partial charge in [0.05, 0.1) is 19.5 Å². The molecule has 8 heteroatoms. The molecule has 0 aliphatic carbocycles. The number of rotatable bonds is 4. The fraction of sp³-hybridized carbons (Fsp3) is 0.333. The van der Waals surface area contributed by atoms with Crippen molar-refractivity contribution in [2.75, 3.05) is 19.8 Å². The van der Waals surface area contributed by atoms with Crippen molar-refractivity contribution < 1.29 is 22.4 Å². The molecule has 1 saturated heterocycles. The van der Waals surface area contributed by atoms with Crippen LogP contribution in [0.2, 0.25) is 0 Å². The summed E-state index contributed by atoms with van der Waals surface area (Å²) in [7, 11) is 0. The number of hydrogen-bond donors (Lipinski definition) is 0. The number of thiophene rings is 1. The van der Waals surface area contributed by atoms with E-state index in [1.54, 1.807) is 11.4 Å². The van der Waals surface area contributed by atoms with Crippen molar-refractivity contribution in [3.63, 3.8) is 0 Å². The number of alkyl halides is 2. The van der Waals surface area contributed by atoms with Gasteiger partial charge in [0.2, 0.25) is 11.9 Å². The number of nitrogens with zero attached hydrogens (tertiary/aromatic N) is 2. The van der Waals surface area contributed by atoms with E-state index in [-0.39, 0.29) is 25.4 Å². The van der Waals surface area contributed by atoms with E-state index in [1.807, 2.05) is 0 Å². The van der Waals surface area contributed by atoms with Crippen LogP contribution in [-0.2, 0) is 11.2 Å². The molecule has 23 heavy (non-hydrogen) atoms. The van der Waals surface area contributed by atoms with Crippen LogP contribution >= 0.6 is 11.3 Å². The third kappa shape index (κ3) is 3.21. The molecule has 0 unspecified atom stereocenters. The van der Waals surface area contributed by atoms with Gasteiger partial charge < -0.3 is 4.90 Å². The lowest BCUT2D eigenvalue weighted by molar-refractivity contribution is -0.145. The monoisotopic (exact) mass is 344 g/mol. The van der Waals surface area contributed by atoms with E-state index in [9.17, 15) is 22.4 Å². The molecule has 1 aliphatic heterocycles. The number of amides is 1. The molecule has 1 fully saturated rings. The van der Waals surface area contributed by atoms with Crippen LogP contribution in [-0.4, -0.2) is 41.2 Å². The third-order valence-electron chi connectivity index (χ3n) is 3.65. The summed E-state index contributed by atoms with van der Waals surface area (Å²) in [4.78, 5) is 17.2. The molecule has 0 N–H and O–H groups in total. The van der Waals surface area contributed by atoms with Gasteiger partial charge in [0, 0.05) is 16.6 Å². The lowest BCUT2D eigenvalue weighted by atomic mass is 9.97. The van der Waals surface area contributed by atoms with E-state index in [2.05, 4.69) is 4.98 Å². The first kappa shape index (κ1) is 15.9. The van der Waals surface area contributed by atoms with Crippen LogP contribution in [0.15, 0.2) is 23.7 Å². The fourth-order valence-corrected chi connectivity index (χ4v) is 3.25. The van der Waals surface area contributed by atoms with Crippen LogP contribution in [0, 0.1) is 11.8 Å². The third-order valence-corrected chi connectivity index (χ3v) is 4.59. The normalized spacial score (nSPS) is 16.3. The largest absolute Gasteiger partial charge is 0.336 e. The minimum Gasteiger partial charge on any atom is -0.336 e. The number of likely N-dealkylation sites (tertiary alicyclic amines) is 1. The Morgan fingerprint density at radius 3 is 2.70 bits per heavy atom. The number of carbonyl (C=O) groups is 1. The summed E-state index contributed by atoms with van der Waals surface area (Å²) >= 11 is 1.28. The van der Waals surface area contributed by atoms with Crippen LogP contribution in [0.3, 0.4) is 0 Å². The highest BCUT2D eigenvalue weighted by Crippen LogP contribution is 2.29. The Bertz CT molecular complexity index is 743. The van der Waals surface area contributed by atoms with Crippen molar-refractivity contribution in [1.29, 1.82) is 0 Å². The molecule has 2 aromatic heterocycles. The first-order valence-corrected chi connectivity index (χ1v) is 7.70. The molecule has 0 bridgehead atoms. The molecule has 0 spiro atoms. The van der Waals surface area contributed by atoms with Crippen molar-refractivity contribution >= 4 is 17.2 Å². The number of hydrogen-bond acceptors (Lipinski definition) is 3. The zero-order chi connectivity index (χ0) is 16.6. The lowest BCUT2D eigenvalue weighted by Gasteiger charge is -2.42. The average molecular weight is 344 g/mol. The van der Waals surface area contributed by atoms with Crippen LogP contribution in [0.25, 0.3) is 11.1 Å². The molecule has 0 saturated carbocycles.